The number of aryl methyl sites for hydroxylation is 1. The van der Waals surface area contributed by atoms with Crippen LogP contribution in [-0.2, 0) is 36.8 Å². The third-order valence-electron chi connectivity index (χ3n) is 6.13. The minimum absolute atomic E-state index is 0.0877. The standard InChI is InChI=1S/C22H26Cl4N8O6/c1-29-17-15(19(37)30(2)21(29)39)27-16-18(28-17)33(11-13(35)31(7-3-23)8-4-24)22(40)34(20(16)38)12-14(36)32(9-5-25)10-6-26/h3-12H2,1-2H3. The molecule has 0 unspecified atom stereocenters. The fourth-order valence-corrected chi connectivity index (χ4v) is 4.84. The highest BCUT2D eigenvalue weighted by Crippen LogP contribution is 2.10. The summed E-state index contributed by atoms with van der Waals surface area (Å²) in [5.74, 6) is -0.838. The van der Waals surface area contributed by atoms with E-state index >= 15 is 0 Å². The van der Waals surface area contributed by atoms with Crippen molar-refractivity contribution < 1.29 is 9.59 Å². The molecule has 0 aliphatic rings. The first-order valence-corrected chi connectivity index (χ1v) is 14.1. The Bertz CT molecular complexity index is 1670. The van der Waals surface area contributed by atoms with E-state index in [2.05, 4.69) is 9.97 Å². The van der Waals surface area contributed by atoms with Crippen molar-refractivity contribution in [3.63, 3.8) is 0 Å². The van der Waals surface area contributed by atoms with Crippen molar-refractivity contribution in [2.24, 2.45) is 14.1 Å². The Kier molecular flexibility index (Phi) is 10.8. The van der Waals surface area contributed by atoms with Gasteiger partial charge in [0.25, 0.3) is 11.1 Å². The van der Waals surface area contributed by atoms with E-state index in [0.717, 1.165) is 13.7 Å². The van der Waals surface area contributed by atoms with E-state index in [1.807, 2.05) is 0 Å². The molecule has 14 nitrogen and oxygen atoms in total. The fourth-order valence-electron chi connectivity index (χ4n) is 4.02. The first-order valence-electron chi connectivity index (χ1n) is 11.9. The quantitative estimate of drug-likeness (QED) is 0.183. The summed E-state index contributed by atoms with van der Waals surface area (Å²) in [6.07, 6.45) is 0. The van der Waals surface area contributed by atoms with Gasteiger partial charge in [-0.1, -0.05) is 0 Å². The zero-order valence-electron chi connectivity index (χ0n) is 21.6. The van der Waals surface area contributed by atoms with Crippen LogP contribution in [0, 0.1) is 0 Å². The first-order chi connectivity index (χ1) is 19.0. The third-order valence-corrected chi connectivity index (χ3v) is 6.81. The minimum atomic E-state index is -1.03. The summed E-state index contributed by atoms with van der Waals surface area (Å²) < 4.78 is 3.28. The van der Waals surface area contributed by atoms with E-state index in [9.17, 15) is 28.8 Å². The SMILES string of the molecule is Cn1c(=O)c2nc3c(=O)n(CC(=O)N(CCCl)CCCl)c(=O)n(CC(=O)N(CCCl)CCCl)c3nc2n(C)c1=O. The monoisotopic (exact) mass is 638 g/mol. The summed E-state index contributed by atoms with van der Waals surface area (Å²) in [5.41, 5.74) is -4.92. The molecule has 0 aliphatic heterocycles. The summed E-state index contributed by atoms with van der Waals surface area (Å²) >= 11 is 23.2. The number of carbonyl (C=O) groups is 2. The molecule has 18 heteroatoms. The Morgan fingerprint density at radius 3 is 1.55 bits per heavy atom. The molecular weight excluding hydrogens is 614 g/mol. The number of rotatable bonds is 12. The highest BCUT2D eigenvalue weighted by atomic mass is 35.5. The number of fused-ring (bicyclic) bond motifs is 2. The Morgan fingerprint density at radius 1 is 0.625 bits per heavy atom. The lowest BCUT2D eigenvalue weighted by molar-refractivity contribution is -0.131. The predicted octanol–water partition coefficient (Wildman–Crippen LogP) is -0.884. The number of alkyl halides is 4. The van der Waals surface area contributed by atoms with Gasteiger partial charge >= 0.3 is 11.4 Å². The number of hydrogen-bond donors (Lipinski definition) is 0. The maximum atomic E-state index is 13.6. The van der Waals surface area contributed by atoms with Crippen molar-refractivity contribution in [1.82, 2.24) is 38.0 Å². The van der Waals surface area contributed by atoms with Crippen LogP contribution in [0.3, 0.4) is 0 Å². The molecule has 2 amide bonds. The van der Waals surface area contributed by atoms with Crippen molar-refractivity contribution in [2.75, 3.05) is 49.7 Å². The smallest absolute Gasteiger partial charge is 0.333 e. The van der Waals surface area contributed by atoms with Crippen LogP contribution in [0.15, 0.2) is 19.2 Å². The van der Waals surface area contributed by atoms with Gasteiger partial charge in [0.2, 0.25) is 11.8 Å². The molecule has 3 rings (SSSR count). The Morgan fingerprint density at radius 2 is 1.07 bits per heavy atom. The molecule has 0 N–H and O–H groups in total. The highest BCUT2D eigenvalue weighted by Gasteiger charge is 2.25. The molecule has 0 saturated heterocycles. The lowest BCUT2D eigenvalue weighted by Gasteiger charge is -2.23. The van der Waals surface area contributed by atoms with Gasteiger partial charge in [0.15, 0.2) is 22.3 Å². The first kappa shape index (κ1) is 31.6. The molecule has 3 aromatic heterocycles. The Balaban J connectivity index is 2.36. The van der Waals surface area contributed by atoms with Crippen LogP contribution in [0.25, 0.3) is 22.3 Å². The molecule has 0 atom stereocenters. The number of nitrogens with zero attached hydrogens (tertiary/aromatic N) is 8. The van der Waals surface area contributed by atoms with E-state index in [-0.39, 0.29) is 66.5 Å². The molecule has 3 heterocycles. The van der Waals surface area contributed by atoms with Crippen molar-refractivity contribution in [3.05, 3.63) is 41.7 Å². The second kappa shape index (κ2) is 13.6. The largest absolute Gasteiger partial charge is 0.339 e. The average Bonchev–Trinajstić information content (AvgIpc) is 2.94. The zero-order chi connectivity index (χ0) is 29.7. The maximum absolute atomic E-state index is 13.6. The number of aromatic nitrogens is 6. The van der Waals surface area contributed by atoms with Crippen LogP contribution in [-0.4, -0.2) is 99.5 Å². The molecule has 40 heavy (non-hydrogen) atoms. The van der Waals surface area contributed by atoms with Crippen LogP contribution in [0.4, 0.5) is 0 Å². The van der Waals surface area contributed by atoms with Gasteiger partial charge in [0, 0.05) is 63.8 Å². The molecule has 0 fully saturated rings. The van der Waals surface area contributed by atoms with Crippen molar-refractivity contribution in [3.8, 4) is 0 Å². The van der Waals surface area contributed by atoms with E-state index in [4.69, 9.17) is 46.4 Å². The second-order valence-electron chi connectivity index (χ2n) is 8.55. The van der Waals surface area contributed by atoms with Crippen LogP contribution in [0.1, 0.15) is 0 Å². The van der Waals surface area contributed by atoms with Crippen molar-refractivity contribution >= 4 is 80.5 Å². The zero-order valence-corrected chi connectivity index (χ0v) is 24.6. The Labute approximate surface area is 246 Å². The molecule has 0 radical (unpaired) electrons. The fraction of sp³-hybridized carbons (Fsp3) is 0.545. The van der Waals surface area contributed by atoms with Crippen LogP contribution in [0.2, 0.25) is 0 Å². The topological polar surface area (TPSA) is 154 Å². The Hall–Kier alpha value is -2.94. The minimum Gasteiger partial charge on any atom is -0.339 e. The number of carbonyl (C=O) groups excluding carboxylic acids is 2. The average molecular weight is 640 g/mol. The van der Waals surface area contributed by atoms with Gasteiger partial charge in [-0.3, -0.25) is 32.9 Å². The number of amides is 2. The third kappa shape index (κ3) is 6.19. The molecule has 0 aliphatic carbocycles. The van der Waals surface area contributed by atoms with E-state index in [1.54, 1.807) is 0 Å². The number of hydrogen-bond acceptors (Lipinski definition) is 8. The summed E-state index contributed by atoms with van der Waals surface area (Å²) in [4.78, 5) is 89.7. The molecule has 0 bridgehead atoms. The van der Waals surface area contributed by atoms with Crippen molar-refractivity contribution in [2.45, 2.75) is 13.1 Å². The van der Waals surface area contributed by atoms with Gasteiger partial charge < -0.3 is 9.80 Å². The van der Waals surface area contributed by atoms with E-state index in [0.29, 0.717) is 4.57 Å². The summed E-state index contributed by atoms with van der Waals surface area (Å²) in [5, 5.41) is 0. The van der Waals surface area contributed by atoms with Gasteiger partial charge in [-0.15, -0.1) is 46.4 Å². The van der Waals surface area contributed by atoms with Crippen molar-refractivity contribution in [1.29, 1.82) is 0 Å². The predicted molar refractivity (Wildman–Crippen MR) is 152 cm³/mol. The summed E-state index contributed by atoms with van der Waals surface area (Å²) in [6, 6.07) is 0. The molecular formula is C22H26Cl4N8O6. The molecule has 0 aromatic carbocycles. The van der Waals surface area contributed by atoms with E-state index in [1.165, 1.54) is 23.9 Å². The molecule has 218 valence electrons. The van der Waals surface area contributed by atoms with Crippen LogP contribution >= 0.6 is 46.4 Å². The normalized spacial score (nSPS) is 11.3. The van der Waals surface area contributed by atoms with Gasteiger partial charge in [-0.05, 0) is 0 Å². The lowest BCUT2D eigenvalue weighted by Crippen LogP contribution is -2.48. The molecule has 0 spiro atoms. The lowest BCUT2D eigenvalue weighted by atomic mass is 10.3. The van der Waals surface area contributed by atoms with Gasteiger partial charge in [-0.25, -0.2) is 24.1 Å². The number of halogens is 4. The van der Waals surface area contributed by atoms with Crippen LogP contribution < -0.4 is 22.5 Å². The molecule has 0 saturated carbocycles. The maximum Gasteiger partial charge on any atom is 0.333 e. The summed E-state index contributed by atoms with van der Waals surface area (Å²) in [7, 11) is 2.57. The van der Waals surface area contributed by atoms with Gasteiger partial charge in [0.1, 0.15) is 13.1 Å². The highest BCUT2D eigenvalue weighted by molar-refractivity contribution is 6.19. The molecule has 3 aromatic rings. The van der Waals surface area contributed by atoms with Gasteiger partial charge in [-0.2, -0.15) is 0 Å². The summed E-state index contributed by atoms with van der Waals surface area (Å²) in [6.45, 7) is -0.853. The second-order valence-corrected chi connectivity index (χ2v) is 10.1. The van der Waals surface area contributed by atoms with Crippen LogP contribution in [0.5, 0.6) is 0 Å². The van der Waals surface area contributed by atoms with E-state index < -0.39 is 52.9 Å². The van der Waals surface area contributed by atoms with Gasteiger partial charge in [0.05, 0.1) is 0 Å².